The zero-order chi connectivity index (χ0) is 14.5. The monoisotopic (exact) mass is 268 g/mol. The van der Waals surface area contributed by atoms with E-state index in [4.69, 9.17) is 4.74 Å². The van der Waals surface area contributed by atoms with E-state index < -0.39 is 10.5 Å². The van der Waals surface area contributed by atoms with Crippen LogP contribution in [0.3, 0.4) is 0 Å². The summed E-state index contributed by atoms with van der Waals surface area (Å²) >= 11 is 0. The molecular weight excluding hydrogens is 248 g/mol. The standard InChI is InChI=1S/C13H20N2O4/c1-4-13(3,16)9-14-10-6-11(15(17)18)8-12(7-10)19-5-2/h6-8,14,16H,4-5,9H2,1-3H3. The van der Waals surface area contributed by atoms with Crippen molar-refractivity contribution in [2.75, 3.05) is 18.5 Å². The first-order valence-electron chi connectivity index (χ1n) is 6.26. The van der Waals surface area contributed by atoms with E-state index in [-0.39, 0.29) is 5.69 Å². The predicted molar refractivity (Wildman–Crippen MR) is 73.7 cm³/mol. The molecule has 0 saturated carbocycles. The van der Waals surface area contributed by atoms with Crippen LogP contribution < -0.4 is 10.1 Å². The maximum Gasteiger partial charge on any atom is 0.275 e. The minimum Gasteiger partial charge on any atom is -0.494 e. The Bertz CT molecular complexity index is 446. The summed E-state index contributed by atoms with van der Waals surface area (Å²) in [6.07, 6.45) is 0.591. The van der Waals surface area contributed by atoms with Crippen molar-refractivity contribution in [2.45, 2.75) is 32.8 Å². The fraction of sp³-hybridized carbons (Fsp3) is 0.538. The summed E-state index contributed by atoms with van der Waals surface area (Å²) in [5, 5.41) is 23.7. The van der Waals surface area contributed by atoms with Crippen LogP contribution in [-0.2, 0) is 0 Å². The molecular formula is C13H20N2O4. The number of nitrogens with one attached hydrogen (secondary N) is 1. The molecule has 0 spiro atoms. The lowest BCUT2D eigenvalue weighted by molar-refractivity contribution is -0.384. The summed E-state index contributed by atoms with van der Waals surface area (Å²) in [6.45, 7) is 6.15. The van der Waals surface area contributed by atoms with Crippen LogP contribution in [0.15, 0.2) is 18.2 Å². The number of ether oxygens (including phenoxy) is 1. The molecule has 0 heterocycles. The van der Waals surface area contributed by atoms with Crippen molar-refractivity contribution in [3.8, 4) is 5.75 Å². The summed E-state index contributed by atoms with van der Waals surface area (Å²) < 4.78 is 5.29. The topological polar surface area (TPSA) is 84.6 Å². The molecule has 1 aromatic rings. The highest BCUT2D eigenvalue weighted by atomic mass is 16.6. The summed E-state index contributed by atoms with van der Waals surface area (Å²) in [5.74, 6) is 0.440. The maximum absolute atomic E-state index is 10.8. The third kappa shape index (κ3) is 4.75. The molecule has 0 saturated heterocycles. The van der Waals surface area contributed by atoms with Gasteiger partial charge in [0.1, 0.15) is 5.75 Å². The molecule has 1 rings (SSSR count). The van der Waals surface area contributed by atoms with E-state index in [1.807, 2.05) is 13.8 Å². The number of nitro groups is 1. The number of nitro benzene ring substituents is 1. The van der Waals surface area contributed by atoms with Crippen LogP contribution in [0.2, 0.25) is 0 Å². The van der Waals surface area contributed by atoms with E-state index in [0.29, 0.717) is 31.0 Å². The molecule has 0 aliphatic heterocycles. The smallest absolute Gasteiger partial charge is 0.275 e. The molecule has 0 fully saturated rings. The van der Waals surface area contributed by atoms with Gasteiger partial charge in [-0.2, -0.15) is 0 Å². The third-order valence-electron chi connectivity index (χ3n) is 2.85. The Kier molecular flexibility index (Phi) is 5.11. The first kappa shape index (κ1) is 15.2. The average molecular weight is 268 g/mol. The van der Waals surface area contributed by atoms with Gasteiger partial charge in [-0.15, -0.1) is 0 Å². The van der Waals surface area contributed by atoms with Crippen molar-refractivity contribution >= 4 is 11.4 Å². The maximum atomic E-state index is 10.8. The Morgan fingerprint density at radius 1 is 1.42 bits per heavy atom. The predicted octanol–water partition coefficient (Wildman–Crippen LogP) is 2.57. The number of aliphatic hydroxyl groups is 1. The van der Waals surface area contributed by atoms with Crippen LogP contribution in [-0.4, -0.2) is 28.8 Å². The summed E-state index contributed by atoms with van der Waals surface area (Å²) in [5.41, 5.74) is -0.327. The second-order valence-electron chi connectivity index (χ2n) is 4.61. The molecule has 0 aliphatic carbocycles. The van der Waals surface area contributed by atoms with Crippen LogP contribution >= 0.6 is 0 Å². The second kappa shape index (κ2) is 6.38. The van der Waals surface area contributed by atoms with Crippen LogP contribution in [0.4, 0.5) is 11.4 Å². The van der Waals surface area contributed by atoms with Crippen molar-refractivity contribution in [2.24, 2.45) is 0 Å². The van der Waals surface area contributed by atoms with Crippen molar-refractivity contribution in [3.05, 3.63) is 28.3 Å². The number of nitrogens with zero attached hydrogens (tertiary/aromatic N) is 1. The lowest BCUT2D eigenvalue weighted by Crippen LogP contribution is -2.32. The minimum atomic E-state index is -0.851. The van der Waals surface area contributed by atoms with Gasteiger partial charge in [-0.25, -0.2) is 0 Å². The van der Waals surface area contributed by atoms with E-state index in [0.717, 1.165) is 0 Å². The van der Waals surface area contributed by atoms with Crippen LogP contribution in [0.5, 0.6) is 5.75 Å². The Hall–Kier alpha value is -1.82. The highest BCUT2D eigenvalue weighted by Gasteiger charge is 2.18. The largest absolute Gasteiger partial charge is 0.494 e. The SMILES string of the molecule is CCOc1cc(NCC(C)(O)CC)cc([N+](=O)[O-])c1. The molecule has 19 heavy (non-hydrogen) atoms. The Morgan fingerprint density at radius 3 is 2.63 bits per heavy atom. The molecule has 6 heteroatoms. The molecule has 1 aromatic carbocycles. The van der Waals surface area contributed by atoms with E-state index >= 15 is 0 Å². The van der Waals surface area contributed by atoms with Crippen LogP contribution in [0.25, 0.3) is 0 Å². The van der Waals surface area contributed by atoms with E-state index in [1.165, 1.54) is 12.1 Å². The summed E-state index contributed by atoms with van der Waals surface area (Å²) in [4.78, 5) is 10.4. The number of hydrogen-bond donors (Lipinski definition) is 2. The van der Waals surface area contributed by atoms with Gasteiger partial charge in [0.25, 0.3) is 5.69 Å². The van der Waals surface area contributed by atoms with Gasteiger partial charge < -0.3 is 15.2 Å². The summed E-state index contributed by atoms with van der Waals surface area (Å²) in [6, 6.07) is 4.49. The van der Waals surface area contributed by atoms with E-state index in [9.17, 15) is 15.2 Å². The second-order valence-corrected chi connectivity index (χ2v) is 4.61. The Morgan fingerprint density at radius 2 is 2.11 bits per heavy atom. The Labute approximate surface area is 112 Å². The van der Waals surface area contributed by atoms with Gasteiger partial charge in [0.15, 0.2) is 0 Å². The van der Waals surface area contributed by atoms with Gasteiger partial charge in [0.05, 0.1) is 23.2 Å². The number of non-ortho nitro benzene ring substituents is 1. The van der Waals surface area contributed by atoms with Crippen molar-refractivity contribution in [3.63, 3.8) is 0 Å². The van der Waals surface area contributed by atoms with Crippen molar-refractivity contribution in [1.82, 2.24) is 0 Å². The molecule has 2 N–H and O–H groups in total. The lowest BCUT2D eigenvalue weighted by atomic mass is 10.0. The quantitative estimate of drug-likeness (QED) is 0.586. The van der Waals surface area contributed by atoms with Crippen LogP contribution in [0, 0.1) is 10.1 Å². The van der Waals surface area contributed by atoms with Gasteiger partial charge in [0, 0.05) is 24.4 Å². The zero-order valence-corrected chi connectivity index (χ0v) is 11.5. The summed E-state index contributed by atoms with van der Waals surface area (Å²) in [7, 11) is 0. The Balaban J connectivity index is 2.90. The van der Waals surface area contributed by atoms with Crippen molar-refractivity contribution < 1.29 is 14.8 Å². The van der Waals surface area contributed by atoms with E-state index in [2.05, 4.69) is 5.32 Å². The van der Waals surface area contributed by atoms with Gasteiger partial charge in [-0.1, -0.05) is 6.92 Å². The van der Waals surface area contributed by atoms with Crippen molar-refractivity contribution in [1.29, 1.82) is 0 Å². The zero-order valence-electron chi connectivity index (χ0n) is 11.5. The number of hydrogen-bond acceptors (Lipinski definition) is 5. The highest BCUT2D eigenvalue weighted by molar-refractivity contribution is 5.56. The molecule has 1 unspecified atom stereocenters. The molecule has 0 aliphatic rings. The molecule has 106 valence electrons. The minimum absolute atomic E-state index is 0.0374. The fourth-order valence-corrected chi connectivity index (χ4v) is 1.46. The first-order valence-corrected chi connectivity index (χ1v) is 6.26. The molecule has 0 bridgehead atoms. The molecule has 0 aromatic heterocycles. The fourth-order valence-electron chi connectivity index (χ4n) is 1.46. The molecule has 1 atom stereocenters. The number of benzene rings is 1. The van der Waals surface area contributed by atoms with Gasteiger partial charge in [-0.3, -0.25) is 10.1 Å². The average Bonchev–Trinajstić information content (AvgIpc) is 2.37. The van der Waals surface area contributed by atoms with E-state index in [1.54, 1.807) is 13.0 Å². The number of anilines is 1. The molecule has 0 amide bonds. The van der Waals surface area contributed by atoms with Gasteiger partial charge >= 0.3 is 0 Å². The van der Waals surface area contributed by atoms with Gasteiger partial charge in [-0.05, 0) is 20.3 Å². The van der Waals surface area contributed by atoms with Crippen LogP contribution in [0.1, 0.15) is 27.2 Å². The highest BCUT2D eigenvalue weighted by Crippen LogP contribution is 2.26. The lowest BCUT2D eigenvalue weighted by Gasteiger charge is -2.22. The first-order chi connectivity index (χ1) is 8.88. The molecule has 6 nitrogen and oxygen atoms in total. The normalized spacial score (nSPS) is 13.7. The van der Waals surface area contributed by atoms with Gasteiger partial charge in [0.2, 0.25) is 0 Å². The molecule has 0 radical (unpaired) electrons. The third-order valence-corrected chi connectivity index (χ3v) is 2.85. The number of rotatable bonds is 7.